The Balaban J connectivity index is 2.09. The first kappa shape index (κ1) is 14.3. The van der Waals surface area contributed by atoms with E-state index in [1.165, 1.54) is 25.7 Å². The number of halogens is 1. The van der Waals surface area contributed by atoms with Crippen molar-refractivity contribution in [1.29, 1.82) is 0 Å². The molecule has 19 heavy (non-hydrogen) atoms. The summed E-state index contributed by atoms with van der Waals surface area (Å²) in [5, 5.41) is 14.3. The molecule has 0 amide bonds. The zero-order valence-corrected chi connectivity index (χ0v) is 12.9. The quantitative estimate of drug-likeness (QED) is 0.611. The largest absolute Gasteiger partial charge is 0.384 e. The third kappa shape index (κ3) is 3.26. The first-order chi connectivity index (χ1) is 8.97. The molecule has 1 aromatic rings. The van der Waals surface area contributed by atoms with Crippen molar-refractivity contribution in [1.82, 2.24) is 0 Å². The van der Waals surface area contributed by atoms with Gasteiger partial charge in [0.15, 0.2) is 0 Å². The first-order valence-electron chi connectivity index (χ1n) is 6.66. The fourth-order valence-corrected chi connectivity index (χ4v) is 2.98. The van der Waals surface area contributed by atoms with Gasteiger partial charge in [-0.2, -0.15) is 0 Å². The molecule has 1 aliphatic rings. The molecular weight excluding hydrogens is 308 g/mol. The average Bonchev–Trinajstić information content (AvgIpc) is 3.10. The van der Waals surface area contributed by atoms with E-state index >= 15 is 0 Å². The maximum absolute atomic E-state index is 10.9. The van der Waals surface area contributed by atoms with Gasteiger partial charge in [-0.05, 0) is 53.6 Å². The zero-order valence-electron chi connectivity index (χ0n) is 11.3. The van der Waals surface area contributed by atoms with Gasteiger partial charge < -0.3 is 5.32 Å². The molecule has 4 nitrogen and oxygen atoms in total. The van der Waals surface area contributed by atoms with Gasteiger partial charge in [-0.3, -0.25) is 10.1 Å². The Kier molecular flexibility index (Phi) is 4.13. The number of rotatable bonds is 6. The van der Waals surface area contributed by atoms with Crippen LogP contribution in [0.15, 0.2) is 16.6 Å². The van der Waals surface area contributed by atoms with Crippen molar-refractivity contribution in [3.05, 3.63) is 32.3 Å². The molecule has 1 N–H and O–H groups in total. The predicted molar refractivity (Wildman–Crippen MR) is 80.6 cm³/mol. The minimum Gasteiger partial charge on any atom is -0.384 e. The van der Waals surface area contributed by atoms with Crippen LogP contribution in [-0.4, -0.2) is 11.5 Å². The standard InChI is InChI=1S/C14H19BrN2O2/c1-3-4-14(5-6-14)9-16-12-7-10(2)13(17(18)19)8-11(12)15/h7-8,16H,3-6,9H2,1-2H3. The smallest absolute Gasteiger partial charge is 0.273 e. The number of nitro benzene ring substituents is 1. The van der Waals surface area contributed by atoms with Crippen molar-refractivity contribution >= 4 is 27.3 Å². The summed E-state index contributed by atoms with van der Waals surface area (Å²) in [6.07, 6.45) is 5.04. The number of hydrogen-bond acceptors (Lipinski definition) is 3. The zero-order chi connectivity index (χ0) is 14.0. The number of nitrogens with one attached hydrogen (secondary N) is 1. The molecule has 0 atom stereocenters. The normalized spacial score (nSPS) is 16.2. The van der Waals surface area contributed by atoms with Crippen molar-refractivity contribution in [3.63, 3.8) is 0 Å². The molecule has 5 heteroatoms. The Hall–Kier alpha value is -1.10. The van der Waals surface area contributed by atoms with E-state index in [0.29, 0.717) is 11.0 Å². The van der Waals surface area contributed by atoms with Gasteiger partial charge in [0.05, 0.1) is 4.92 Å². The lowest BCUT2D eigenvalue weighted by Gasteiger charge is -2.17. The Morgan fingerprint density at radius 3 is 2.68 bits per heavy atom. The Labute approximate surface area is 121 Å². The molecule has 0 bridgehead atoms. The lowest BCUT2D eigenvalue weighted by atomic mass is 10.0. The van der Waals surface area contributed by atoms with Crippen LogP contribution < -0.4 is 5.32 Å². The van der Waals surface area contributed by atoms with Crippen LogP contribution >= 0.6 is 15.9 Å². The summed E-state index contributed by atoms with van der Waals surface area (Å²) >= 11 is 3.41. The van der Waals surface area contributed by atoms with Crippen molar-refractivity contribution in [2.45, 2.75) is 39.5 Å². The minimum atomic E-state index is -0.344. The van der Waals surface area contributed by atoms with E-state index in [1.54, 1.807) is 13.0 Å². The first-order valence-corrected chi connectivity index (χ1v) is 7.45. The van der Waals surface area contributed by atoms with Crippen LogP contribution in [0, 0.1) is 22.5 Å². The molecule has 1 aromatic carbocycles. The SMILES string of the molecule is CCCC1(CNc2cc(C)c([N+](=O)[O-])cc2Br)CC1. The highest BCUT2D eigenvalue weighted by Gasteiger charge is 2.41. The van der Waals surface area contributed by atoms with Crippen LogP contribution in [0.3, 0.4) is 0 Å². The van der Waals surface area contributed by atoms with Gasteiger partial charge in [0.1, 0.15) is 0 Å². The second-order valence-electron chi connectivity index (χ2n) is 5.48. The van der Waals surface area contributed by atoms with Crippen molar-refractivity contribution in [3.8, 4) is 0 Å². The summed E-state index contributed by atoms with van der Waals surface area (Å²) in [6.45, 7) is 4.94. The molecular formula is C14H19BrN2O2. The van der Waals surface area contributed by atoms with Crippen molar-refractivity contribution in [2.75, 3.05) is 11.9 Å². The van der Waals surface area contributed by atoms with E-state index in [-0.39, 0.29) is 10.6 Å². The van der Waals surface area contributed by atoms with Crippen LogP contribution in [-0.2, 0) is 0 Å². The number of anilines is 1. The van der Waals surface area contributed by atoms with Gasteiger partial charge in [0.25, 0.3) is 5.69 Å². The average molecular weight is 327 g/mol. The van der Waals surface area contributed by atoms with Crippen LogP contribution in [0.4, 0.5) is 11.4 Å². The lowest BCUT2D eigenvalue weighted by molar-refractivity contribution is -0.385. The molecule has 0 aromatic heterocycles. The Morgan fingerprint density at radius 2 is 2.16 bits per heavy atom. The van der Waals surface area contributed by atoms with Crippen LogP contribution in [0.5, 0.6) is 0 Å². The van der Waals surface area contributed by atoms with Crippen molar-refractivity contribution in [2.24, 2.45) is 5.41 Å². The topological polar surface area (TPSA) is 55.2 Å². The second-order valence-corrected chi connectivity index (χ2v) is 6.33. The summed E-state index contributed by atoms with van der Waals surface area (Å²) in [5.74, 6) is 0. The van der Waals surface area contributed by atoms with Crippen LogP contribution in [0.25, 0.3) is 0 Å². The predicted octanol–water partition coefficient (Wildman–Crippen LogP) is 4.66. The highest BCUT2D eigenvalue weighted by molar-refractivity contribution is 9.10. The van der Waals surface area contributed by atoms with Gasteiger partial charge in [0.2, 0.25) is 0 Å². The van der Waals surface area contributed by atoms with Crippen molar-refractivity contribution < 1.29 is 4.92 Å². The molecule has 0 saturated heterocycles. The summed E-state index contributed by atoms with van der Waals surface area (Å²) in [6, 6.07) is 3.43. The van der Waals surface area contributed by atoms with E-state index in [1.807, 2.05) is 6.07 Å². The molecule has 0 radical (unpaired) electrons. The molecule has 1 aliphatic carbocycles. The molecule has 104 valence electrons. The third-order valence-corrected chi connectivity index (χ3v) is 4.53. The molecule has 0 spiro atoms. The molecule has 1 fully saturated rings. The maximum Gasteiger partial charge on any atom is 0.273 e. The summed E-state index contributed by atoms with van der Waals surface area (Å²) in [5.41, 5.74) is 2.26. The number of aryl methyl sites for hydroxylation is 1. The van der Waals surface area contributed by atoms with Gasteiger partial charge in [-0.15, -0.1) is 0 Å². The highest BCUT2D eigenvalue weighted by atomic mass is 79.9. The van der Waals surface area contributed by atoms with E-state index in [9.17, 15) is 10.1 Å². The van der Waals surface area contributed by atoms with Gasteiger partial charge in [-0.1, -0.05) is 13.3 Å². The Morgan fingerprint density at radius 1 is 1.47 bits per heavy atom. The fourth-order valence-electron chi connectivity index (χ4n) is 2.51. The van der Waals surface area contributed by atoms with Gasteiger partial charge in [0, 0.05) is 28.3 Å². The molecule has 0 unspecified atom stereocenters. The number of nitrogens with zero attached hydrogens (tertiary/aromatic N) is 1. The van der Waals surface area contributed by atoms with E-state index < -0.39 is 0 Å². The summed E-state index contributed by atoms with van der Waals surface area (Å²) in [7, 11) is 0. The molecule has 0 heterocycles. The van der Waals surface area contributed by atoms with Gasteiger partial charge >= 0.3 is 0 Å². The van der Waals surface area contributed by atoms with E-state index in [2.05, 4.69) is 28.2 Å². The van der Waals surface area contributed by atoms with Crippen LogP contribution in [0.1, 0.15) is 38.2 Å². The lowest BCUT2D eigenvalue weighted by Crippen LogP contribution is -2.15. The summed E-state index contributed by atoms with van der Waals surface area (Å²) in [4.78, 5) is 10.5. The fraction of sp³-hybridized carbons (Fsp3) is 0.571. The number of hydrogen-bond donors (Lipinski definition) is 1. The number of benzene rings is 1. The third-order valence-electron chi connectivity index (χ3n) is 3.87. The second kappa shape index (κ2) is 5.49. The van der Waals surface area contributed by atoms with Gasteiger partial charge in [-0.25, -0.2) is 0 Å². The molecule has 1 saturated carbocycles. The minimum absolute atomic E-state index is 0.159. The number of nitro groups is 1. The molecule has 2 rings (SSSR count). The summed E-state index contributed by atoms with van der Waals surface area (Å²) < 4.78 is 0.761. The van der Waals surface area contributed by atoms with E-state index in [0.717, 1.165) is 16.7 Å². The maximum atomic E-state index is 10.9. The molecule has 0 aliphatic heterocycles. The van der Waals surface area contributed by atoms with Crippen LogP contribution in [0.2, 0.25) is 0 Å². The Bertz CT molecular complexity index is 498. The highest BCUT2D eigenvalue weighted by Crippen LogP contribution is 2.49. The van der Waals surface area contributed by atoms with E-state index in [4.69, 9.17) is 0 Å². The monoisotopic (exact) mass is 326 g/mol.